The van der Waals surface area contributed by atoms with Gasteiger partial charge in [0.15, 0.2) is 0 Å². The largest absolute Gasteiger partial charge is 0.508 e. The number of terminal acetylenes is 1. The Labute approximate surface area is 271 Å². The number of carboxylic acid groups (broad SMARTS) is 1. The minimum atomic E-state index is -2.47. The highest BCUT2D eigenvalue weighted by molar-refractivity contribution is 5.79. The average molecular weight is 660 g/mol. The highest BCUT2D eigenvalue weighted by Gasteiger charge is 2.55. The molecule has 0 bridgehead atoms. The zero-order chi connectivity index (χ0) is 34.4. The Bertz CT molecular complexity index is 1350. The number of ether oxygens (including phenoxy) is 4. The zero-order valence-electron chi connectivity index (χ0n) is 25.8. The number of benzene rings is 2. The number of amides is 3. The normalized spacial score (nSPS) is 22.0. The second-order valence-corrected chi connectivity index (χ2v) is 10.7. The van der Waals surface area contributed by atoms with E-state index in [0.717, 1.165) is 11.1 Å². The summed E-state index contributed by atoms with van der Waals surface area (Å²) in [7, 11) is 1.31. The van der Waals surface area contributed by atoms with E-state index in [1.165, 1.54) is 7.05 Å². The molecule has 47 heavy (non-hydrogen) atoms. The first-order valence-corrected chi connectivity index (χ1v) is 14.8. The Hall–Kier alpha value is -4.27. The molecule has 1 saturated heterocycles. The van der Waals surface area contributed by atoms with Gasteiger partial charge in [0, 0.05) is 20.0 Å². The molecule has 0 spiro atoms. The minimum Gasteiger partial charge on any atom is -0.508 e. The first-order chi connectivity index (χ1) is 22.5. The molecule has 0 radical (unpaired) electrons. The topological polar surface area (TPSA) is 225 Å². The Kier molecular flexibility index (Phi) is 14.4. The summed E-state index contributed by atoms with van der Waals surface area (Å²) in [5, 5.41) is 59.5. The number of rotatable bonds is 17. The van der Waals surface area contributed by atoms with Crippen LogP contribution in [-0.2, 0) is 35.0 Å². The molecule has 1 aliphatic heterocycles. The van der Waals surface area contributed by atoms with Crippen LogP contribution in [0.3, 0.4) is 0 Å². The van der Waals surface area contributed by atoms with E-state index >= 15 is 0 Å². The van der Waals surface area contributed by atoms with Crippen molar-refractivity contribution >= 4 is 17.9 Å². The number of phenolic OH excluding ortho intramolecular Hbond substituents is 1. The molecule has 256 valence electrons. The third-order valence-corrected chi connectivity index (χ3v) is 7.30. The van der Waals surface area contributed by atoms with Gasteiger partial charge in [-0.15, -0.1) is 6.42 Å². The summed E-state index contributed by atoms with van der Waals surface area (Å²) in [4.78, 5) is 37.1. The summed E-state index contributed by atoms with van der Waals surface area (Å²) < 4.78 is 21.6. The lowest BCUT2D eigenvalue weighted by atomic mass is 9.88. The van der Waals surface area contributed by atoms with Crippen molar-refractivity contribution in [3.05, 3.63) is 54.1 Å². The van der Waals surface area contributed by atoms with Gasteiger partial charge in [0.2, 0.25) is 5.91 Å². The van der Waals surface area contributed by atoms with Gasteiger partial charge in [0.25, 0.3) is 5.79 Å². The molecule has 0 unspecified atom stereocenters. The molecule has 0 aliphatic carbocycles. The smallest absolute Gasteiger partial charge is 0.364 e. The van der Waals surface area contributed by atoms with Gasteiger partial charge in [-0.1, -0.05) is 42.3 Å². The predicted molar refractivity (Wildman–Crippen MR) is 166 cm³/mol. The van der Waals surface area contributed by atoms with E-state index in [-0.39, 0.29) is 45.2 Å². The number of urea groups is 1. The summed E-state index contributed by atoms with van der Waals surface area (Å²) in [6.45, 7) is -0.378. The van der Waals surface area contributed by atoms with Gasteiger partial charge < -0.3 is 60.4 Å². The van der Waals surface area contributed by atoms with E-state index in [2.05, 4.69) is 21.9 Å². The number of phenols is 1. The van der Waals surface area contributed by atoms with E-state index in [1.807, 2.05) is 12.1 Å². The van der Waals surface area contributed by atoms with Gasteiger partial charge in [-0.3, -0.25) is 4.79 Å². The van der Waals surface area contributed by atoms with Crippen molar-refractivity contribution in [2.24, 2.45) is 0 Å². The molecule has 15 heteroatoms. The monoisotopic (exact) mass is 659 g/mol. The van der Waals surface area contributed by atoms with Gasteiger partial charge in [0.1, 0.15) is 24.6 Å². The molecule has 1 heterocycles. The van der Waals surface area contributed by atoms with E-state index in [1.54, 1.807) is 36.4 Å². The third-order valence-electron chi connectivity index (χ3n) is 7.30. The van der Waals surface area contributed by atoms with Crippen molar-refractivity contribution < 1.29 is 58.9 Å². The summed E-state index contributed by atoms with van der Waals surface area (Å²) >= 11 is 0. The molecule has 0 aromatic heterocycles. The van der Waals surface area contributed by atoms with E-state index < -0.39 is 67.1 Å². The van der Waals surface area contributed by atoms with Crippen LogP contribution in [0.15, 0.2) is 48.5 Å². The molecule has 3 rings (SSSR count). The number of carboxylic acids is 1. The van der Waals surface area contributed by atoms with Crippen molar-refractivity contribution in [3.63, 3.8) is 0 Å². The maximum Gasteiger partial charge on any atom is 0.364 e. The maximum atomic E-state index is 12.7. The number of hydrogen-bond donors (Lipinski definition) is 8. The standard InChI is InChI=1S/C32H41N3O12/c1-3-12-44-13-14-45-15-16-46-32(30(41)42)18-24(37)27(35-31(43)33-2)29(47-32)28(40)25(38)19-34-26(39)17-20-4-6-21(7-5-20)22-8-10-23(36)11-9-22/h1,4-11,24-25,27-29,36-38,40H,12-19H2,2H3,(H,34,39)(H,41,42)(H2,33,35,43)/t24-,25+,27+,28+,29+,32+/m0/s1. The Balaban J connectivity index is 1.62. The Morgan fingerprint density at radius 2 is 1.64 bits per heavy atom. The second kappa shape index (κ2) is 18.2. The van der Waals surface area contributed by atoms with Crippen LogP contribution in [0.5, 0.6) is 5.75 Å². The number of hydrogen-bond acceptors (Lipinski definition) is 11. The molecule has 2 aromatic rings. The SMILES string of the molecule is C#CCOCCOCCO[C@]1(C(=O)O)C[C@H](O)[C@@H](NC(=O)NC)[C@H]([C@H](O)[C@H](O)CNC(=O)Cc2ccc(-c3ccc(O)cc3)cc2)O1. The van der Waals surface area contributed by atoms with Crippen LogP contribution in [0.1, 0.15) is 12.0 Å². The predicted octanol–water partition coefficient (Wildman–Crippen LogP) is -0.649. The molecule has 6 atom stereocenters. The number of aliphatic hydroxyl groups is 3. The van der Waals surface area contributed by atoms with Crippen LogP contribution in [0.25, 0.3) is 11.1 Å². The third kappa shape index (κ3) is 10.9. The van der Waals surface area contributed by atoms with Crippen molar-refractivity contribution in [1.82, 2.24) is 16.0 Å². The zero-order valence-corrected chi connectivity index (χ0v) is 25.8. The first-order valence-electron chi connectivity index (χ1n) is 14.8. The highest BCUT2D eigenvalue weighted by Crippen LogP contribution is 2.33. The molecular formula is C32H41N3O12. The van der Waals surface area contributed by atoms with E-state index in [4.69, 9.17) is 25.4 Å². The maximum absolute atomic E-state index is 12.7. The van der Waals surface area contributed by atoms with Crippen LogP contribution in [0.2, 0.25) is 0 Å². The number of nitrogens with one attached hydrogen (secondary N) is 3. The van der Waals surface area contributed by atoms with Crippen LogP contribution >= 0.6 is 0 Å². The van der Waals surface area contributed by atoms with Crippen molar-refractivity contribution in [1.29, 1.82) is 0 Å². The van der Waals surface area contributed by atoms with Crippen molar-refractivity contribution in [2.75, 3.05) is 46.6 Å². The fraction of sp³-hybridized carbons (Fsp3) is 0.469. The Morgan fingerprint density at radius 3 is 2.26 bits per heavy atom. The van der Waals surface area contributed by atoms with E-state index in [9.17, 15) is 39.9 Å². The number of carbonyl (C=O) groups excluding carboxylic acids is 2. The number of aliphatic carboxylic acids is 1. The summed E-state index contributed by atoms with van der Waals surface area (Å²) in [5.41, 5.74) is 2.42. The van der Waals surface area contributed by atoms with Crippen LogP contribution in [0, 0.1) is 12.3 Å². The van der Waals surface area contributed by atoms with Gasteiger partial charge >= 0.3 is 12.0 Å². The molecule has 1 aliphatic rings. The quantitative estimate of drug-likeness (QED) is 0.0784. The Morgan fingerprint density at radius 1 is 1.02 bits per heavy atom. The van der Waals surface area contributed by atoms with Gasteiger partial charge in [0.05, 0.1) is 51.1 Å². The van der Waals surface area contributed by atoms with Gasteiger partial charge in [-0.05, 0) is 28.8 Å². The van der Waals surface area contributed by atoms with Crippen LogP contribution < -0.4 is 16.0 Å². The van der Waals surface area contributed by atoms with E-state index in [0.29, 0.717) is 5.56 Å². The lowest BCUT2D eigenvalue weighted by Crippen LogP contribution is -2.68. The van der Waals surface area contributed by atoms with Crippen LogP contribution in [0.4, 0.5) is 4.79 Å². The first kappa shape index (κ1) is 37.2. The fourth-order valence-corrected chi connectivity index (χ4v) is 4.83. The lowest BCUT2D eigenvalue weighted by molar-refractivity contribution is -0.311. The molecule has 15 nitrogen and oxygen atoms in total. The van der Waals surface area contributed by atoms with Gasteiger partial charge in [-0.2, -0.15) is 0 Å². The van der Waals surface area contributed by atoms with Crippen LogP contribution in [-0.4, -0.2) is 126 Å². The lowest BCUT2D eigenvalue weighted by Gasteiger charge is -2.46. The molecule has 3 amide bonds. The minimum absolute atomic E-state index is 0.0494. The van der Waals surface area contributed by atoms with Crippen molar-refractivity contribution in [3.8, 4) is 29.2 Å². The number of aliphatic hydroxyl groups excluding tert-OH is 3. The summed E-state index contributed by atoms with van der Waals surface area (Å²) in [6, 6.07) is 11.7. The summed E-state index contributed by atoms with van der Waals surface area (Å²) in [6.07, 6.45) is -2.49. The summed E-state index contributed by atoms with van der Waals surface area (Å²) in [5.74, 6) is -2.12. The molecule has 2 aromatic carbocycles. The van der Waals surface area contributed by atoms with Gasteiger partial charge in [-0.25, -0.2) is 9.59 Å². The molecule has 0 saturated carbocycles. The number of aromatic hydroxyl groups is 1. The number of carbonyl (C=O) groups is 3. The highest BCUT2D eigenvalue weighted by atomic mass is 16.7. The fourth-order valence-electron chi connectivity index (χ4n) is 4.83. The molecule has 1 fully saturated rings. The molecule has 8 N–H and O–H groups in total. The molecular weight excluding hydrogens is 618 g/mol. The van der Waals surface area contributed by atoms with Crippen molar-refractivity contribution in [2.45, 2.75) is 49.1 Å². The average Bonchev–Trinajstić information content (AvgIpc) is 3.06. The second-order valence-electron chi connectivity index (χ2n) is 10.7.